The van der Waals surface area contributed by atoms with Gasteiger partial charge in [-0.15, -0.1) is 4.40 Å². The third-order valence-electron chi connectivity index (χ3n) is 4.44. The highest BCUT2D eigenvalue weighted by molar-refractivity contribution is 7.90. The van der Waals surface area contributed by atoms with Crippen LogP contribution in [-0.4, -0.2) is 47.1 Å². The molecule has 1 aromatic heterocycles. The number of amides is 1. The Morgan fingerprint density at radius 2 is 1.89 bits per heavy atom. The van der Waals surface area contributed by atoms with Crippen molar-refractivity contribution in [3.8, 4) is 5.69 Å². The van der Waals surface area contributed by atoms with E-state index in [0.717, 1.165) is 16.9 Å². The van der Waals surface area contributed by atoms with Crippen molar-refractivity contribution in [1.29, 1.82) is 0 Å². The van der Waals surface area contributed by atoms with Crippen LogP contribution in [0.3, 0.4) is 0 Å². The maximum atomic E-state index is 12.8. The Labute approximate surface area is 162 Å². The van der Waals surface area contributed by atoms with Crippen LogP contribution in [0.15, 0.2) is 58.7 Å². The fourth-order valence-corrected chi connectivity index (χ4v) is 3.96. The number of nitrogens with one attached hydrogen (secondary N) is 1. The van der Waals surface area contributed by atoms with Crippen LogP contribution in [0, 0.1) is 13.8 Å². The average Bonchev–Trinajstić information content (AvgIpc) is 3.01. The normalized spacial score (nSPS) is 17.6. The predicted molar refractivity (Wildman–Crippen MR) is 107 cm³/mol. The highest BCUT2D eigenvalue weighted by Crippen LogP contribution is 2.20. The molecule has 1 aromatic carbocycles. The summed E-state index contributed by atoms with van der Waals surface area (Å²) in [5.74, 6) is 0.497. The van der Waals surface area contributed by atoms with Gasteiger partial charge in [0, 0.05) is 18.8 Å². The number of nitrogens with zero attached hydrogens (tertiary/aromatic N) is 4. The monoisotopic (exact) mass is 397 g/mol. The van der Waals surface area contributed by atoms with Gasteiger partial charge < -0.3 is 10.2 Å². The summed E-state index contributed by atoms with van der Waals surface area (Å²) in [6.07, 6.45) is 4.71. The Bertz CT molecular complexity index is 1140. The molecule has 9 heteroatoms. The van der Waals surface area contributed by atoms with E-state index >= 15 is 0 Å². The smallest absolute Gasteiger partial charge is 0.258 e. The summed E-state index contributed by atoms with van der Waals surface area (Å²) in [5.41, 5.74) is 3.17. The van der Waals surface area contributed by atoms with Crippen LogP contribution < -0.4 is 5.32 Å². The molecule has 0 spiro atoms. The maximum absolute atomic E-state index is 12.8. The number of hydrogen-bond donors (Lipinski definition) is 1. The van der Waals surface area contributed by atoms with Crippen LogP contribution in [0.1, 0.15) is 11.3 Å². The zero-order valence-corrected chi connectivity index (χ0v) is 16.3. The lowest BCUT2D eigenvalue weighted by Crippen LogP contribution is -2.37. The number of amidine groups is 1. The first-order valence-corrected chi connectivity index (χ1v) is 10.4. The van der Waals surface area contributed by atoms with Crippen molar-refractivity contribution < 1.29 is 13.2 Å². The summed E-state index contributed by atoms with van der Waals surface area (Å²) in [7, 11) is -3.42. The standard InChI is InChI=1S/C19H19N5O3S/c1-13-3-6-16(7-4-13)24-18(11-14(2)21-24)20-19(25)15-5-8-17-22-28(26,27)10-9-23(17)12-15/h3-8,11-12H,9-10H2,1-2H3,(H,20,25). The highest BCUT2D eigenvalue weighted by Gasteiger charge is 2.25. The first kappa shape index (κ1) is 18.2. The lowest BCUT2D eigenvalue weighted by Gasteiger charge is -2.26. The molecular weight excluding hydrogens is 378 g/mol. The molecule has 2 aromatic rings. The van der Waals surface area contributed by atoms with E-state index in [0.29, 0.717) is 17.2 Å². The molecule has 1 N–H and O–H groups in total. The van der Waals surface area contributed by atoms with Gasteiger partial charge in [-0.3, -0.25) is 4.79 Å². The minimum atomic E-state index is -3.42. The summed E-state index contributed by atoms with van der Waals surface area (Å²) in [4.78, 5) is 14.4. The molecule has 0 fully saturated rings. The lowest BCUT2D eigenvalue weighted by atomic mass is 10.2. The molecule has 0 saturated carbocycles. The molecule has 28 heavy (non-hydrogen) atoms. The largest absolute Gasteiger partial charge is 0.330 e. The van der Waals surface area contributed by atoms with Gasteiger partial charge in [-0.25, -0.2) is 13.1 Å². The van der Waals surface area contributed by atoms with Crippen molar-refractivity contribution in [1.82, 2.24) is 14.7 Å². The topological polar surface area (TPSA) is 96.7 Å². The van der Waals surface area contributed by atoms with Gasteiger partial charge in [-0.05, 0) is 38.1 Å². The Kier molecular flexibility index (Phi) is 4.38. The lowest BCUT2D eigenvalue weighted by molar-refractivity contribution is -0.112. The minimum absolute atomic E-state index is 0.0743. The fraction of sp³-hybridized carbons (Fsp3) is 0.211. The van der Waals surface area contributed by atoms with Crippen molar-refractivity contribution in [3.63, 3.8) is 0 Å². The van der Waals surface area contributed by atoms with Crippen LogP contribution in [0.4, 0.5) is 5.82 Å². The first-order valence-electron chi connectivity index (χ1n) is 8.75. The number of sulfonamides is 1. The number of hydrogen-bond acceptors (Lipinski definition) is 5. The predicted octanol–water partition coefficient (Wildman–Crippen LogP) is 1.93. The number of anilines is 1. The summed E-state index contributed by atoms with van der Waals surface area (Å²) in [6.45, 7) is 4.13. The second-order valence-corrected chi connectivity index (χ2v) is 8.47. The quantitative estimate of drug-likeness (QED) is 0.854. The number of carbonyl (C=O) groups is 1. The molecule has 4 rings (SSSR count). The second kappa shape index (κ2) is 6.75. The van der Waals surface area contributed by atoms with E-state index < -0.39 is 10.0 Å². The molecule has 2 aliphatic heterocycles. The van der Waals surface area contributed by atoms with E-state index in [1.807, 2.05) is 38.1 Å². The molecule has 0 saturated heterocycles. The fourth-order valence-electron chi connectivity index (χ4n) is 3.00. The Morgan fingerprint density at radius 1 is 1.14 bits per heavy atom. The van der Waals surface area contributed by atoms with Crippen LogP contribution in [0.2, 0.25) is 0 Å². The van der Waals surface area contributed by atoms with Crippen LogP contribution in [0.5, 0.6) is 0 Å². The zero-order valence-electron chi connectivity index (χ0n) is 15.5. The van der Waals surface area contributed by atoms with Crippen molar-refractivity contribution in [3.05, 3.63) is 65.5 Å². The maximum Gasteiger partial charge on any atom is 0.258 e. The highest BCUT2D eigenvalue weighted by atomic mass is 32.2. The first-order chi connectivity index (χ1) is 13.3. The van der Waals surface area contributed by atoms with E-state index in [1.54, 1.807) is 27.9 Å². The van der Waals surface area contributed by atoms with Gasteiger partial charge in [0.15, 0.2) is 0 Å². The average molecular weight is 397 g/mol. The van der Waals surface area contributed by atoms with Crippen molar-refractivity contribution >= 4 is 27.6 Å². The second-order valence-electron chi connectivity index (χ2n) is 6.72. The van der Waals surface area contributed by atoms with Gasteiger partial charge in [0.05, 0.1) is 22.7 Å². The number of fused-ring (bicyclic) bond motifs is 1. The Balaban J connectivity index is 1.58. The molecule has 0 atom stereocenters. The van der Waals surface area contributed by atoms with Gasteiger partial charge in [0.2, 0.25) is 0 Å². The summed E-state index contributed by atoms with van der Waals surface area (Å²) < 4.78 is 28.6. The van der Waals surface area contributed by atoms with E-state index in [2.05, 4.69) is 14.8 Å². The zero-order chi connectivity index (χ0) is 19.9. The van der Waals surface area contributed by atoms with E-state index in [1.165, 1.54) is 6.08 Å². The van der Waals surface area contributed by atoms with E-state index in [4.69, 9.17) is 0 Å². The van der Waals surface area contributed by atoms with Crippen LogP contribution >= 0.6 is 0 Å². The molecule has 0 radical (unpaired) electrons. The van der Waals surface area contributed by atoms with Crippen LogP contribution in [0.25, 0.3) is 5.69 Å². The van der Waals surface area contributed by atoms with Gasteiger partial charge in [0.25, 0.3) is 15.9 Å². The third kappa shape index (κ3) is 3.61. The van der Waals surface area contributed by atoms with E-state index in [9.17, 15) is 13.2 Å². The van der Waals surface area contributed by atoms with Crippen molar-refractivity contribution in [2.75, 3.05) is 17.6 Å². The molecule has 0 aliphatic carbocycles. The molecule has 0 bridgehead atoms. The van der Waals surface area contributed by atoms with Gasteiger partial charge in [-0.1, -0.05) is 17.7 Å². The van der Waals surface area contributed by atoms with Gasteiger partial charge in [-0.2, -0.15) is 5.10 Å². The molecule has 1 amide bonds. The number of aromatic nitrogens is 2. The Hall–Kier alpha value is -3.20. The number of rotatable bonds is 3. The van der Waals surface area contributed by atoms with Crippen molar-refractivity contribution in [2.45, 2.75) is 13.8 Å². The molecular formula is C19H19N5O3S. The number of aryl methyl sites for hydroxylation is 2. The molecule has 144 valence electrons. The molecule has 2 aliphatic rings. The molecule has 3 heterocycles. The van der Waals surface area contributed by atoms with Gasteiger partial charge in [0.1, 0.15) is 11.7 Å². The number of benzene rings is 1. The summed E-state index contributed by atoms with van der Waals surface area (Å²) in [5, 5.41) is 7.34. The number of carbonyl (C=O) groups excluding carboxylic acids is 1. The summed E-state index contributed by atoms with van der Waals surface area (Å²) in [6, 6.07) is 9.64. The SMILES string of the molecule is Cc1ccc(-n2nc(C)cc2NC(=O)C2=CN3CCS(=O)(=O)N=C3C=C2)cc1. The van der Waals surface area contributed by atoms with Crippen molar-refractivity contribution in [2.24, 2.45) is 4.40 Å². The van der Waals surface area contributed by atoms with Crippen LogP contribution in [-0.2, 0) is 14.8 Å². The van der Waals surface area contributed by atoms with E-state index in [-0.39, 0.29) is 18.2 Å². The van der Waals surface area contributed by atoms with Gasteiger partial charge >= 0.3 is 0 Å². The summed E-state index contributed by atoms with van der Waals surface area (Å²) >= 11 is 0. The third-order valence-corrected chi connectivity index (χ3v) is 5.60. The Morgan fingerprint density at radius 3 is 2.64 bits per heavy atom. The molecule has 0 unspecified atom stereocenters. The minimum Gasteiger partial charge on any atom is -0.330 e. The molecule has 8 nitrogen and oxygen atoms in total.